The summed E-state index contributed by atoms with van der Waals surface area (Å²) in [6.07, 6.45) is 0. The van der Waals surface area contributed by atoms with Crippen molar-refractivity contribution in [1.82, 2.24) is 0 Å². The lowest BCUT2D eigenvalue weighted by molar-refractivity contribution is 0.415. The quantitative estimate of drug-likeness (QED) is 0.838. The van der Waals surface area contributed by atoms with Crippen molar-refractivity contribution in [2.45, 2.75) is 6.54 Å². The molecule has 94 valence electrons. The van der Waals surface area contributed by atoms with Gasteiger partial charge in [-0.25, -0.2) is 0 Å². The maximum atomic E-state index is 5.95. The number of hydrogen-bond acceptors (Lipinski definition) is 3. The van der Waals surface area contributed by atoms with Gasteiger partial charge in [0.2, 0.25) is 0 Å². The molecule has 0 unspecified atom stereocenters. The highest BCUT2D eigenvalue weighted by molar-refractivity contribution is 5.53. The van der Waals surface area contributed by atoms with Gasteiger partial charge in [-0.3, -0.25) is 0 Å². The number of benzene rings is 2. The van der Waals surface area contributed by atoms with E-state index in [-0.39, 0.29) is 0 Å². The van der Waals surface area contributed by atoms with Crippen LogP contribution >= 0.6 is 0 Å². The largest absolute Gasteiger partial charge is 0.497 e. The molecule has 0 atom stereocenters. The number of nitrogens with zero attached hydrogens (tertiary/aromatic N) is 1. The molecule has 0 aliphatic rings. The van der Waals surface area contributed by atoms with Crippen molar-refractivity contribution < 1.29 is 4.74 Å². The molecule has 0 amide bonds. The van der Waals surface area contributed by atoms with Crippen LogP contribution in [0.1, 0.15) is 5.56 Å². The minimum atomic E-state index is 0.778. The maximum absolute atomic E-state index is 5.95. The van der Waals surface area contributed by atoms with Gasteiger partial charge in [-0.15, -0.1) is 0 Å². The van der Waals surface area contributed by atoms with Gasteiger partial charge in [-0.2, -0.15) is 0 Å². The van der Waals surface area contributed by atoms with E-state index in [1.54, 1.807) is 7.11 Å². The van der Waals surface area contributed by atoms with Gasteiger partial charge in [-0.1, -0.05) is 24.3 Å². The zero-order valence-corrected chi connectivity index (χ0v) is 10.8. The van der Waals surface area contributed by atoms with E-state index in [1.165, 1.54) is 0 Å². The third-order valence-corrected chi connectivity index (χ3v) is 2.96. The third-order valence-electron chi connectivity index (χ3n) is 2.96. The monoisotopic (exact) mass is 242 g/mol. The number of nitrogens with two attached hydrogens (primary N) is 1. The van der Waals surface area contributed by atoms with Crippen LogP contribution in [0.25, 0.3) is 0 Å². The lowest BCUT2D eigenvalue weighted by Gasteiger charge is -2.20. The summed E-state index contributed by atoms with van der Waals surface area (Å²) in [6, 6.07) is 15.9. The van der Waals surface area contributed by atoms with Crippen molar-refractivity contribution >= 4 is 11.4 Å². The normalized spacial score (nSPS) is 10.1. The Labute approximate surface area is 108 Å². The molecule has 3 nitrogen and oxygen atoms in total. The Morgan fingerprint density at radius 3 is 2.61 bits per heavy atom. The smallest absolute Gasteiger partial charge is 0.120 e. The predicted octanol–water partition coefficient (Wildman–Crippen LogP) is 2.91. The van der Waals surface area contributed by atoms with Crippen LogP contribution in [0.2, 0.25) is 0 Å². The molecule has 2 aromatic rings. The molecule has 0 aromatic heterocycles. The summed E-state index contributed by atoms with van der Waals surface area (Å²) in [5.74, 6) is 0.861. The molecular formula is C15H18N2O. The first-order valence-corrected chi connectivity index (χ1v) is 5.89. The van der Waals surface area contributed by atoms with Gasteiger partial charge < -0.3 is 15.4 Å². The molecule has 0 saturated carbocycles. The summed E-state index contributed by atoms with van der Waals surface area (Å²) >= 11 is 0. The molecule has 0 aliphatic heterocycles. The van der Waals surface area contributed by atoms with Crippen LogP contribution in [0.3, 0.4) is 0 Å². The van der Waals surface area contributed by atoms with E-state index in [0.29, 0.717) is 0 Å². The molecule has 0 saturated heterocycles. The van der Waals surface area contributed by atoms with Crippen LogP contribution < -0.4 is 15.4 Å². The van der Waals surface area contributed by atoms with Crippen LogP contribution in [0.15, 0.2) is 48.5 Å². The van der Waals surface area contributed by atoms with Crippen molar-refractivity contribution in [2.75, 3.05) is 24.8 Å². The number of hydrogen-bond donors (Lipinski definition) is 1. The van der Waals surface area contributed by atoms with E-state index in [4.69, 9.17) is 10.5 Å². The first-order chi connectivity index (χ1) is 8.70. The van der Waals surface area contributed by atoms with Crippen LogP contribution in [0.5, 0.6) is 5.75 Å². The van der Waals surface area contributed by atoms with Gasteiger partial charge in [0.05, 0.1) is 7.11 Å². The Kier molecular flexibility index (Phi) is 3.72. The fourth-order valence-electron chi connectivity index (χ4n) is 1.87. The Morgan fingerprint density at radius 2 is 1.89 bits per heavy atom. The summed E-state index contributed by atoms with van der Waals surface area (Å²) in [4.78, 5) is 2.15. The molecule has 0 aliphatic carbocycles. The summed E-state index contributed by atoms with van der Waals surface area (Å²) in [5.41, 5.74) is 9.01. The Hall–Kier alpha value is -2.16. The summed E-state index contributed by atoms with van der Waals surface area (Å²) in [7, 11) is 3.72. The van der Waals surface area contributed by atoms with Crippen LogP contribution in [0, 0.1) is 0 Å². The van der Waals surface area contributed by atoms with Gasteiger partial charge in [-0.05, 0) is 23.8 Å². The van der Waals surface area contributed by atoms with E-state index in [2.05, 4.69) is 11.0 Å². The van der Waals surface area contributed by atoms with E-state index in [1.807, 2.05) is 49.5 Å². The average molecular weight is 242 g/mol. The predicted molar refractivity (Wildman–Crippen MR) is 76.0 cm³/mol. The second-order valence-electron chi connectivity index (χ2n) is 4.26. The molecule has 2 aromatic carbocycles. The molecule has 3 heteroatoms. The molecule has 2 rings (SSSR count). The third kappa shape index (κ3) is 2.74. The molecular weight excluding hydrogens is 224 g/mol. The van der Waals surface area contributed by atoms with Crippen LogP contribution in [-0.4, -0.2) is 14.2 Å². The fourth-order valence-corrected chi connectivity index (χ4v) is 1.87. The van der Waals surface area contributed by atoms with Gasteiger partial charge in [0.15, 0.2) is 0 Å². The lowest BCUT2D eigenvalue weighted by atomic mass is 10.1. The standard InChI is InChI=1S/C15H18N2O/c1-17(11-12-6-3-4-9-15(12)16)13-7-5-8-14(10-13)18-2/h3-10H,11,16H2,1-2H3. The van der Waals surface area contributed by atoms with E-state index >= 15 is 0 Å². The second kappa shape index (κ2) is 5.45. The molecule has 0 heterocycles. The number of nitrogen functional groups attached to an aromatic ring is 1. The van der Waals surface area contributed by atoms with Crippen molar-refractivity contribution in [3.63, 3.8) is 0 Å². The van der Waals surface area contributed by atoms with E-state index in [0.717, 1.165) is 29.2 Å². The van der Waals surface area contributed by atoms with Crippen molar-refractivity contribution in [3.05, 3.63) is 54.1 Å². The van der Waals surface area contributed by atoms with Gasteiger partial charge in [0.1, 0.15) is 5.75 Å². The first kappa shape index (κ1) is 12.3. The van der Waals surface area contributed by atoms with Gasteiger partial charge in [0, 0.05) is 31.0 Å². The van der Waals surface area contributed by atoms with Crippen molar-refractivity contribution in [1.29, 1.82) is 0 Å². The average Bonchev–Trinajstić information content (AvgIpc) is 2.41. The maximum Gasteiger partial charge on any atom is 0.120 e. The highest BCUT2D eigenvalue weighted by Crippen LogP contribution is 2.22. The minimum Gasteiger partial charge on any atom is -0.497 e. The first-order valence-electron chi connectivity index (χ1n) is 5.89. The van der Waals surface area contributed by atoms with E-state index < -0.39 is 0 Å². The number of para-hydroxylation sites is 1. The second-order valence-corrected chi connectivity index (χ2v) is 4.26. The number of anilines is 2. The zero-order valence-electron chi connectivity index (χ0n) is 10.8. The summed E-state index contributed by atoms with van der Waals surface area (Å²) in [6.45, 7) is 0.778. The minimum absolute atomic E-state index is 0.778. The SMILES string of the molecule is COc1cccc(N(C)Cc2ccccc2N)c1. The molecule has 18 heavy (non-hydrogen) atoms. The zero-order chi connectivity index (χ0) is 13.0. The number of ether oxygens (including phenoxy) is 1. The molecule has 0 radical (unpaired) electrons. The number of rotatable bonds is 4. The van der Waals surface area contributed by atoms with Gasteiger partial charge >= 0.3 is 0 Å². The van der Waals surface area contributed by atoms with Gasteiger partial charge in [0.25, 0.3) is 0 Å². The lowest BCUT2D eigenvalue weighted by Crippen LogP contribution is -2.17. The summed E-state index contributed by atoms with van der Waals surface area (Å²) < 4.78 is 5.23. The molecule has 2 N–H and O–H groups in total. The van der Waals surface area contributed by atoms with Crippen molar-refractivity contribution in [3.8, 4) is 5.75 Å². The Morgan fingerprint density at radius 1 is 1.11 bits per heavy atom. The number of methoxy groups -OCH3 is 1. The highest BCUT2D eigenvalue weighted by atomic mass is 16.5. The highest BCUT2D eigenvalue weighted by Gasteiger charge is 2.05. The Balaban J connectivity index is 2.16. The Bertz CT molecular complexity index is 525. The molecule has 0 spiro atoms. The molecule has 0 fully saturated rings. The summed E-state index contributed by atoms with van der Waals surface area (Å²) in [5, 5.41) is 0. The van der Waals surface area contributed by atoms with Crippen molar-refractivity contribution in [2.24, 2.45) is 0 Å². The topological polar surface area (TPSA) is 38.5 Å². The fraction of sp³-hybridized carbons (Fsp3) is 0.200. The van der Waals surface area contributed by atoms with Crippen LogP contribution in [-0.2, 0) is 6.54 Å². The van der Waals surface area contributed by atoms with E-state index in [9.17, 15) is 0 Å². The molecule has 0 bridgehead atoms. The van der Waals surface area contributed by atoms with Crippen LogP contribution in [0.4, 0.5) is 11.4 Å².